The number of hydrogen-bond acceptors (Lipinski definition) is 3. The van der Waals surface area contributed by atoms with Crippen LogP contribution in [0.15, 0.2) is 36.4 Å². The van der Waals surface area contributed by atoms with Gasteiger partial charge in [0.1, 0.15) is 11.4 Å². The van der Waals surface area contributed by atoms with Gasteiger partial charge in [-0.05, 0) is 49.9 Å². The molecular formula is C20H23N3O2. The maximum atomic E-state index is 12.5. The molecule has 130 valence electrons. The number of carbonyl (C=O) groups excluding carboxylic acids is 2. The van der Waals surface area contributed by atoms with Crippen LogP contribution < -0.4 is 10.6 Å². The van der Waals surface area contributed by atoms with Crippen LogP contribution in [0.4, 0.5) is 5.69 Å². The van der Waals surface area contributed by atoms with Gasteiger partial charge in [0.2, 0.25) is 0 Å². The summed E-state index contributed by atoms with van der Waals surface area (Å²) in [5, 5.41) is 5.90. The Bertz CT molecular complexity index is 775. The summed E-state index contributed by atoms with van der Waals surface area (Å²) in [5.74, 6) is -0.526. The Hall–Kier alpha value is -2.69. The van der Waals surface area contributed by atoms with E-state index >= 15 is 0 Å². The van der Waals surface area contributed by atoms with Gasteiger partial charge in [-0.3, -0.25) is 9.59 Å². The average molecular weight is 337 g/mol. The van der Waals surface area contributed by atoms with Crippen molar-refractivity contribution in [2.45, 2.75) is 45.6 Å². The third-order valence-corrected chi connectivity index (χ3v) is 4.62. The lowest BCUT2D eigenvalue weighted by atomic mass is 10.1. The second-order valence-corrected chi connectivity index (χ2v) is 6.58. The maximum Gasteiger partial charge on any atom is 0.274 e. The summed E-state index contributed by atoms with van der Waals surface area (Å²) in [7, 11) is 0. The number of pyridine rings is 1. The standard InChI is InChI=1S/C20H23N3O2/c1-13-7-5-8-14(2)18(13)23-20(25)17-12-6-11-16(22-17)19(24)21-15-9-3-4-10-15/h5-8,11-12,15H,3-4,9-10H2,1-2H3,(H,21,24)(H,23,25). The minimum absolute atomic E-state index is 0.214. The third-order valence-electron chi connectivity index (χ3n) is 4.62. The quantitative estimate of drug-likeness (QED) is 0.895. The Morgan fingerprint density at radius 1 is 0.920 bits per heavy atom. The summed E-state index contributed by atoms with van der Waals surface area (Å²) in [6.07, 6.45) is 4.32. The lowest BCUT2D eigenvalue weighted by Crippen LogP contribution is -2.33. The molecule has 0 radical (unpaired) electrons. The Balaban J connectivity index is 1.74. The molecule has 1 fully saturated rings. The number of benzene rings is 1. The molecule has 25 heavy (non-hydrogen) atoms. The number of aromatic nitrogens is 1. The Kier molecular flexibility index (Phi) is 5.12. The van der Waals surface area contributed by atoms with Crippen molar-refractivity contribution in [3.63, 3.8) is 0 Å². The first-order valence-corrected chi connectivity index (χ1v) is 8.70. The summed E-state index contributed by atoms with van der Waals surface area (Å²) in [4.78, 5) is 29.1. The lowest BCUT2D eigenvalue weighted by molar-refractivity contribution is 0.0932. The van der Waals surface area contributed by atoms with Crippen LogP contribution in [-0.4, -0.2) is 22.8 Å². The summed E-state index contributed by atoms with van der Waals surface area (Å²) in [6, 6.07) is 11.0. The zero-order chi connectivity index (χ0) is 17.8. The van der Waals surface area contributed by atoms with Crippen molar-refractivity contribution in [3.05, 3.63) is 58.9 Å². The van der Waals surface area contributed by atoms with E-state index in [-0.39, 0.29) is 29.2 Å². The zero-order valence-electron chi connectivity index (χ0n) is 14.6. The predicted octanol–water partition coefficient (Wildman–Crippen LogP) is 3.62. The molecule has 2 aromatic rings. The second kappa shape index (κ2) is 7.47. The Morgan fingerprint density at radius 3 is 2.12 bits per heavy atom. The number of hydrogen-bond donors (Lipinski definition) is 2. The van der Waals surface area contributed by atoms with Crippen LogP contribution in [0.2, 0.25) is 0 Å². The molecule has 1 aromatic heterocycles. The van der Waals surface area contributed by atoms with Crippen molar-refractivity contribution < 1.29 is 9.59 Å². The molecule has 0 saturated heterocycles. The van der Waals surface area contributed by atoms with Crippen LogP contribution in [0.5, 0.6) is 0 Å². The molecule has 2 N–H and O–H groups in total. The number of carbonyl (C=O) groups is 2. The summed E-state index contributed by atoms with van der Waals surface area (Å²) in [6.45, 7) is 3.89. The molecule has 1 aliphatic rings. The van der Waals surface area contributed by atoms with Gasteiger partial charge in [0.05, 0.1) is 0 Å². The molecule has 0 atom stereocenters. The summed E-state index contributed by atoms with van der Waals surface area (Å²) >= 11 is 0. The normalized spacial score (nSPS) is 14.3. The van der Waals surface area contributed by atoms with Gasteiger partial charge in [-0.2, -0.15) is 0 Å². The maximum absolute atomic E-state index is 12.5. The molecule has 0 unspecified atom stereocenters. The van der Waals surface area contributed by atoms with Crippen LogP contribution in [0.1, 0.15) is 57.8 Å². The monoisotopic (exact) mass is 337 g/mol. The molecule has 1 aromatic carbocycles. The van der Waals surface area contributed by atoms with Crippen LogP contribution in [0.25, 0.3) is 0 Å². The summed E-state index contributed by atoms with van der Waals surface area (Å²) < 4.78 is 0. The van der Waals surface area contributed by atoms with Crippen molar-refractivity contribution in [3.8, 4) is 0 Å². The Morgan fingerprint density at radius 2 is 1.48 bits per heavy atom. The molecular weight excluding hydrogens is 314 g/mol. The molecule has 1 saturated carbocycles. The second-order valence-electron chi connectivity index (χ2n) is 6.58. The third kappa shape index (κ3) is 4.05. The summed E-state index contributed by atoms with van der Waals surface area (Å²) in [5.41, 5.74) is 3.28. The van der Waals surface area contributed by atoms with Crippen LogP contribution in [0, 0.1) is 13.8 Å². The van der Waals surface area contributed by atoms with Gasteiger partial charge in [0.25, 0.3) is 11.8 Å². The fraction of sp³-hybridized carbons (Fsp3) is 0.350. The number of rotatable bonds is 4. The van der Waals surface area contributed by atoms with E-state index in [0.717, 1.165) is 42.5 Å². The smallest absolute Gasteiger partial charge is 0.274 e. The molecule has 5 nitrogen and oxygen atoms in total. The van der Waals surface area contributed by atoms with Crippen LogP contribution in [0.3, 0.4) is 0 Å². The van der Waals surface area contributed by atoms with E-state index in [1.807, 2.05) is 32.0 Å². The number of nitrogens with zero attached hydrogens (tertiary/aromatic N) is 1. The number of nitrogens with one attached hydrogen (secondary N) is 2. The first kappa shape index (κ1) is 17.1. The highest BCUT2D eigenvalue weighted by Crippen LogP contribution is 2.20. The molecule has 1 heterocycles. The van der Waals surface area contributed by atoms with Crippen LogP contribution in [-0.2, 0) is 0 Å². The topological polar surface area (TPSA) is 71.1 Å². The van der Waals surface area contributed by atoms with Crippen molar-refractivity contribution in [1.29, 1.82) is 0 Å². The van der Waals surface area contributed by atoms with Crippen molar-refractivity contribution in [2.75, 3.05) is 5.32 Å². The van der Waals surface area contributed by atoms with E-state index in [1.54, 1.807) is 18.2 Å². The van der Waals surface area contributed by atoms with E-state index in [0.29, 0.717) is 0 Å². The van der Waals surface area contributed by atoms with Gasteiger partial charge in [0.15, 0.2) is 0 Å². The number of aryl methyl sites for hydroxylation is 2. The SMILES string of the molecule is Cc1cccc(C)c1NC(=O)c1cccc(C(=O)NC2CCCC2)n1. The fourth-order valence-electron chi connectivity index (χ4n) is 3.21. The number of para-hydroxylation sites is 1. The van der Waals surface area contributed by atoms with E-state index in [1.165, 1.54) is 0 Å². The minimum atomic E-state index is -0.312. The van der Waals surface area contributed by atoms with E-state index in [4.69, 9.17) is 0 Å². The largest absolute Gasteiger partial charge is 0.348 e. The van der Waals surface area contributed by atoms with Crippen molar-refractivity contribution in [2.24, 2.45) is 0 Å². The van der Waals surface area contributed by atoms with E-state index in [2.05, 4.69) is 15.6 Å². The van der Waals surface area contributed by atoms with Gasteiger partial charge in [-0.15, -0.1) is 0 Å². The minimum Gasteiger partial charge on any atom is -0.348 e. The van der Waals surface area contributed by atoms with E-state index < -0.39 is 0 Å². The van der Waals surface area contributed by atoms with Gasteiger partial charge >= 0.3 is 0 Å². The van der Waals surface area contributed by atoms with Crippen LogP contribution >= 0.6 is 0 Å². The lowest BCUT2D eigenvalue weighted by Gasteiger charge is -2.13. The predicted molar refractivity (Wildman–Crippen MR) is 97.8 cm³/mol. The fourth-order valence-corrected chi connectivity index (χ4v) is 3.21. The van der Waals surface area contributed by atoms with Gasteiger partial charge in [-0.1, -0.05) is 37.1 Å². The molecule has 3 rings (SSSR count). The molecule has 5 heteroatoms. The van der Waals surface area contributed by atoms with Gasteiger partial charge in [0, 0.05) is 11.7 Å². The van der Waals surface area contributed by atoms with Crippen molar-refractivity contribution >= 4 is 17.5 Å². The average Bonchev–Trinajstić information content (AvgIpc) is 3.11. The molecule has 0 aliphatic heterocycles. The van der Waals surface area contributed by atoms with Gasteiger partial charge in [-0.25, -0.2) is 4.98 Å². The first-order valence-electron chi connectivity index (χ1n) is 8.70. The highest BCUT2D eigenvalue weighted by Gasteiger charge is 2.19. The molecule has 1 aliphatic carbocycles. The van der Waals surface area contributed by atoms with Gasteiger partial charge < -0.3 is 10.6 Å². The zero-order valence-corrected chi connectivity index (χ0v) is 14.6. The highest BCUT2D eigenvalue weighted by atomic mass is 16.2. The first-order chi connectivity index (χ1) is 12.0. The molecule has 2 amide bonds. The number of amides is 2. The Labute approximate surface area is 147 Å². The highest BCUT2D eigenvalue weighted by molar-refractivity contribution is 6.04. The van der Waals surface area contributed by atoms with E-state index in [9.17, 15) is 9.59 Å². The van der Waals surface area contributed by atoms with Crippen molar-refractivity contribution in [1.82, 2.24) is 10.3 Å². The molecule has 0 bridgehead atoms. The number of anilines is 1. The molecule has 0 spiro atoms.